The molecule has 0 radical (unpaired) electrons. The molecule has 0 amide bonds. The minimum Gasteiger partial charge on any atom is -0.431 e. The Morgan fingerprint density at radius 2 is 2.08 bits per heavy atom. The largest absolute Gasteiger partial charge is 0.514 e. The fraction of sp³-hybridized carbons (Fsp3) is 0.526. The van der Waals surface area contributed by atoms with Crippen LogP contribution < -0.4 is 4.74 Å². The Morgan fingerprint density at radius 3 is 2.80 bits per heavy atom. The lowest BCUT2D eigenvalue weighted by Gasteiger charge is -2.28. The number of hydrogen-bond acceptors (Lipinski definition) is 5. The molecule has 1 aromatic carbocycles. The Hall–Kier alpha value is -2.05. The highest BCUT2D eigenvalue weighted by Gasteiger charge is 2.22. The van der Waals surface area contributed by atoms with E-state index in [0.717, 1.165) is 55.4 Å². The van der Waals surface area contributed by atoms with Gasteiger partial charge in [0.05, 0.1) is 0 Å². The molecule has 1 aliphatic heterocycles. The summed E-state index contributed by atoms with van der Waals surface area (Å²) in [5, 5.41) is 0.963. The van der Waals surface area contributed by atoms with Gasteiger partial charge in [0, 0.05) is 36.7 Å². The third-order valence-electron chi connectivity index (χ3n) is 4.70. The maximum atomic E-state index is 12.2. The Bertz CT molecular complexity index is 718. The Balaban J connectivity index is 1.69. The number of H-pyrrole nitrogens is 1. The zero-order chi connectivity index (χ0) is 17.8. The second-order valence-corrected chi connectivity index (χ2v) is 7.02. The van der Waals surface area contributed by atoms with Crippen LogP contribution in [0.5, 0.6) is 5.75 Å². The van der Waals surface area contributed by atoms with Crippen molar-refractivity contribution in [2.75, 3.05) is 40.8 Å². The number of ether oxygens (including phenoxy) is 2. The van der Waals surface area contributed by atoms with E-state index < -0.39 is 6.16 Å². The Kier molecular flexibility index (Phi) is 5.60. The summed E-state index contributed by atoms with van der Waals surface area (Å²) in [6, 6.07) is 5.70. The zero-order valence-corrected chi connectivity index (χ0v) is 15.2. The lowest BCUT2D eigenvalue weighted by Crippen LogP contribution is -2.35. The molecule has 2 heterocycles. The number of rotatable bonds is 5. The summed E-state index contributed by atoms with van der Waals surface area (Å²) in [7, 11) is 6.17. The highest BCUT2D eigenvalue weighted by atomic mass is 16.7. The van der Waals surface area contributed by atoms with Crippen molar-refractivity contribution in [3.63, 3.8) is 0 Å². The summed E-state index contributed by atoms with van der Waals surface area (Å²) < 4.78 is 11.1. The van der Waals surface area contributed by atoms with Gasteiger partial charge in [-0.15, -0.1) is 0 Å². The number of nitrogens with zero attached hydrogens (tertiary/aromatic N) is 2. The molecule has 0 aliphatic carbocycles. The van der Waals surface area contributed by atoms with E-state index in [0.29, 0.717) is 5.75 Å². The molecule has 25 heavy (non-hydrogen) atoms. The predicted octanol–water partition coefficient (Wildman–Crippen LogP) is 2.88. The van der Waals surface area contributed by atoms with Gasteiger partial charge in [0.15, 0.2) is 0 Å². The molecule has 1 fully saturated rings. The van der Waals surface area contributed by atoms with Crippen molar-refractivity contribution in [1.29, 1.82) is 0 Å². The zero-order valence-electron chi connectivity index (χ0n) is 15.2. The van der Waals surface area contributed by atoms with Gasteiger partial charge in [0.1, 0.15) is 11.9 Å². The van der Waals surface area contributed by atoms with E-state index in [9.17, 15) is 4.79 Å². The van der Waals surface area contributed by atoms with Crippen molar-refractivity contribution in [3.05, 3.63) is 30.0 Å². The van der Waals surface area contributed by atoms with Gasteiger partial charge in [-0.05, 0) is 58.1 Å². The lowest BCUT2D eigenvalue weighted by atomic mass is 10.1. The van der Waals surface area contributed by atoms with Gasteiger partial charge in [-0.2, -0.15) is 0 Å². The molecule has 2 aromatic rings. The number of hydrogen-bond donors (Lipinski definition) is 1. The number of benzene rings is 1. The second kappa shape index (κ2) is 7.89. The molecule has 0 bridgehead atoms. The van der Waals surface area contributed by atoms with Crippen molar-refractivity contribution in [2.45, 2.75) is 25.4 Å². The first kappa shape index (κ1) is 17.8. The third kappa shape index (κ3) is 4.52. The monoisotopic (exact) mass is 345 g/mol. The summed E-state index contributed by atoms with van der Waals surface area (Å²) in [6.07, 6.45) is 3.92. The molecule has 0 unspecified atom stereocenters. The van der Waals surface area contributed by atoms with Gasteiger partial charge >= 0.3 is 6.16 Å². The quantitative estimate of drug-likeness (QED) is 0.667. The fourth-order valence-electron chi connectivity index (χ4n) is 3.20. The second-order valence-electron chi connectivity index (χ2n) is 7.02. The van der Waals surface area contributed by atoms with Gasteiger partial charge in [0.25, 0.3) is 0 Å². The molecule has 6 nitrogen and oxygen atoms in total. The number of carbonyl (C=O) groups excluding carboxylic acids is 1. The van der Waals surface area contributed by atoms with Crippen molar-refractivity contribution >= 4 is 17.1 Å². The molecule has 6 heteroatoms. The lowest BCUT2D eigenvalue weighted by molar-refractivity contribution is 0.0294. The first-order valence-corrected chi connectivity index (χ1v) is 8.83. The Labute approximate surface area is 148 Å². The maximum Gasteiger partial charge on any atom is 0.514 e. The summed E-state index contributed by atoms with van der Waals surface area (Å²) in [5.74, 6) is 0.561. The van der Waals surface area contributed by atoms with E-state index in [1.807, 2.05) is 38.5 Å². The number of aromatic amines is 1. The first-order chi connectivity index (χ1) is 12.0. The van der Waals surface area contributed by atoms with Crippen LogP contribution in [0.25, 0.3) is 10.9 Å². The van der Waals surface area contributed by atoms with Crippen LogP contribution in [-0.4, -0.2) is 67.8 Å². The van der Waals surface area contributed by atoms with Gasteiger partial charge in [-0.25, -0.2) is 4.79 Å². The minimum atomic E-state index is -0.609. The number of likely N-dealkylation sites (N-methyl/N-ethyl adjacent to an activating group) is 1. The smallest absolute Gasteiger partial charge is 0.431 e. The molecular weight excluding hydrogens is 318 g/mol. The molecule has 0 atom stereocenters. The van der Waals surface area contributed by atoms with Crippen molar-refractivity contribution in [1.82, 2.24) is 14.8 Å². The number of carbonyl (C=O) groups is 1. The van der Waals surface area contributed by atoms with Crippen molar-refractivity contribution in [3.8, 4) is 5.75 Å². The average Bonchev–Trinajstić information content (AvgIpc) is 2.99. The summed E-state index contributed by atoms with van der Waals surface area (Å²) in [5.41, 5.74) is 2.12. The highest BCUT2D eigenvalue weighted by molar-refractivity contribution is 5.90. The number of piperidine rings is 1. The molecule has 1 N–H and O–H groups in total. The van der Waals surface area contributed by atoms with E-state index in [2.05, 4.69) is 21.8 Å². The van der Waals surface area contributed by atoms with E-state index in [1.54, 1.807) is 0 Å². The number of aromatic nitrogens is 1. The van der Waals surface area contributed by atoms with Crippen LogP contribution in [0.15, 0.2) is 24.4 Å². The summed E-state index contributed by atoms with van der Waals surface area (Å²) >= 11 is 0. The SMILES string of the molecule is CN(C)CCc1c[nH]c2cccc(OC(=O)OC3CCN(C)CC3)c12. The predicted molar refractivity (Wildman–Crippen MR) is 98.2 cm³/mol. The van der Waals surface area contributed by atoms with Gasteiger partial charge < -0.3 is 24.3 Å². The minimum absolute atomic E-state index is 0.0534. The number of nitrogens with one attached hydrogen (secondary N) is 1. The van der Waals surface area contributed by atoms with Crippen LogP contribution >= 0.6 is 0 Å². The molecular formula is C19H27N3O3. The van der Waals surface area contributed by atoms with Gasteiger partial charge in [-0.3, -0.25) is 0 Å². The summed E-state index contributed by atoms with van der Waals surface area (Å²) in [4.78, 5) is 19.9. The van der Waals surface area contributed by atoms with Gasteiger partial charge in [0.2, 0.25) is 0 Å². The standard InChI is InChI=1S/C19H27N3O3/c1-21(2)10-7-14-13-20-16-5-4-6-17(18(14)16)25-19(23)24-15-8-11-22(3)12-9-15/h4-6,13,15,20H,7-12H2,1-3H3. The Morgan fingerprint density at radius 1 is 1.32 bits per heavy atom. The molecule has 1 aliphatic rings. The van der Waals surface area contributed by atoms with E-state index in [1.165, 1.54) is 0 Å². The third-order valence-corrected chi connectivity index (χ3v) is 4.70. The maximum absolute atomic E-state index is 12.2. The molecule has 0 spiro atoms. The molecule has 3 rings (SSSR count). The average molecular weight is 345 g/mol. The van der Waals surface area contributed by atoms with Crippen LogP contribution in [0.3, 0.4) is 0 Å². The van der Waals surface area contributed by atoms with E-state index >= 15 is 0 Å². The molecule has 0 saturated carbocycles. The molecule has 1 aromatic heterocycles. The van der Waals surface area contributed by atoms with Crippen LogP contribution in [-0.2, 0) is 11.2 Å². The first-order valence-electron chi connectivity index (χ1n) is 8.83. The molecule has 136 valence electrons. The van der Waals surface area contributed by atoms with Gasteiger partial charge in [-0.1, -0.05) is 6.07 Å². The normalized spacial score (nSPS) is 16.5. The number of fused-ring (bicyclic) bond motifs is 1. The number of likely N-dealkylation sites (tertiary alicyclic amines) is 1. The van der Waals surface area contributed by atoms with E-state index in [-0.39, 0.29) is 6.10 Å². The van der Waals surface area contributed by atoms with Crippen LogP contribution in [0.4, 0.5) is 4.79 Å². The van der Waals surface area contributed by atoms with Crippen LogP contribution in [0, 0.1) is 0 Å². The highest BCUT2D eigenvalue weighted by Crippen LogP contribution is 2.29. The fourth-order valence-corrected chi connectivity index (χ4v) is 3.20. The van der Waals surface area contributed by atoms with Crippen molar-refractivity contribution < 1.29 is 14.3 Å². The van der Waals surface area contributed by atoms with Crippen molar-refractivity contribution in [2.24, 2.45) is 0 Å². The summed E-state index contributed by atoms with van der Waals surface area (Å²) in [6.45, 7) is 2.82. The molecule has 1 saturated heterocycles. The topological polar surface area (TPSA) is 57.8 Å². The van der Waals surface area contributed by atoms with Crippen LogP contribution in [0.2, 0.25) is 0 Å². The van der Waals surface area contributed by atoms with E-state index in [4.69, 9.17) is 9.47 Å². The van der Waals surface area contributed by atoms with Crippen LogP contribution in [0.1, 0.15) is 18.4 Å².